The van der Waals surface area contributed by atoms with Crippen LogP contribution in [0.4, 0.5) is 4.39 Å². The van der Waals surface area contributed by atoms with Crippen molar-refractivity contribution in [1.29, 1.82) is 0 Å². The number of furan rings is 1. The Labute approximate surface area is 140 Å². The second kappa shape index (κ2) is 7.41. The molecule has 1 amide bonds. The van der Waals surface area contributed by atoms with Gasteiger partial charge in [0, 0.05) is 5.92 Å². The van der Waals surface area contributed by atoms with Crippen molar-refractivity contribution in [2.75, 3.05) is 0 Å². The summed E-state index contributed by atoms with van der Waals surface area (Å²) in [6.07, 6.45) is 0.462. The normalized spacial score (nSPS) is 12.0. The van der Waals surface area contributed by atoms with E-state index in [-0.39, 0.29) is 29.9 Å². The summed E-state index contributed by atoms with van der Waals surface area (Å²) in [6.45, 7) is 1.88. The highest BCUT2D eigenvalue weighted by molar-refractivity contribution is 9.10. The average Bonchev–Trinajstić information content (AvgIpc) is 2.97. The van der Waals surface area contributed by atoms with Crippen LogP contribution in [0.25, 0.3) is 0 Å². The van der Waals surface area contributed by atoms with Crippen molar-refractivity contribution in [2.24, 2.45) is 5.92 Å². The van der Waals surface area contributed by atoms with Gasteiger partial charge in [0.15, 0.2) is 0 Å². The molecule has 23 heavy (non-hydrogen) atoms. The number of amides is 1. The van der Waals surface area contributed by atoms with Crippen LogP contribution in [0.2, 0.25) is 0 Å². The number of carboxylic acids is 1. The molecule has 0 radical (unpaired) electrons. The Morgan fingerprint density at radius 3 is 2.70 bits per heavy atom. The molecule has 1 heterocycles. The fourth-order valence-electron chi connectivity index (χ4n) is 2.05. The van der Waals surface area contributed by atoms with Crippen molar-refractivity contribution < 1.29 is 23.5 Å². The molecular formula is C16H15BrFNO4. The van der Waals surface area contributed by atoms with E-state index in [4.69, 9.17) is 9.52 Å². The molecule has 1 aromatic heterocycles. The quantitative estimate of drug-likeness (QED) is 0.801. The topological polar surface area (TPSA) is 79.5 Å². The van der Waals surface area contributed by atoms with Crippen molar-refractivity contribution >= 4 is 27.8 Å². The maximum Gasteiger partial charge on any atom is 0.371 e. The lowest BCUT2D eigenvalue weighted by Crippen LogP contribution is -2.29. The minimum Gasteiger partial charge on any atom is -0.475 e. The van der Waals surface area contributed by atoms with E-state index < -0.39 is 5.97 Å². The molecule has 0 aliphatic rings. The standard InChI is InChI=1S/C16H15BrFNO4/c1-9(6-10-2-4-13(18)12(17)7-10)15(20)19-8-11-3-5-14(23-11)16(21)22/h2-5,7,9H,6,8H2,1H3,(H,19,20)(H,21,22). The second-order valence-corrected chi connectivity index (χ2v) is 6.00. The van der Waals surface area contributed by atoms with Crippen molar-refractivity contribution in [3.05, 3.63) is 57.7 Å². The summed E-state index contributed by atoms with van der Waals surface area (Å²) in [7, 11) is 0. The van der Waals surface area contributed by atoms with Crippen LogP contribution in [0.3, 0.4) is 0 Å². The van der Waals surface area contributed by atoms with E-state index in [1.165, 1.54) is 18.2 Å². The molecular weight excluding hydrogens is 369 g/mol. The predicted molar refractivity (Wildman–Crippen MR) is 84.5 cm³/mol. The van der Waals surface area contributed by atoms with Gasteiger partial charge in [-0.1, -0.05) is 13.0 Å². The summed E-state index contributed by atoms with van der Waals surface area (Å²) in [6, 6.07) is 7.47. The largest absolute Gasteiger partial charge is 0.475 e. The summed E-state index contributed by atoms with van der Waals surface area (Å²) < 4.78 is 18.6. The van der Waals surface area contributed by atoms with E-state index in [1.807, 2.05) is 0 Å². The molecule has 1 unspecified atom stereocenters. The van der Waals surface area contributed by atoms with Gasteiger partial charge in [0.25, 0.3) is 0 Å². The molecule has 1 aromatic carbocycles. The van der Waals surface area contributed by atoms with Gasteiger partial charge in [-0.25, -0.2) is 9.18 Å². The SMILES string of the molecule is CC(Cc1ccc(F)c(Br)c1)C(=O)NCc1ccc(C(=O)O)o1. The van der Waals surface area contributed by atoms with E-state index in [0.717, 1.165) is 5.56 Å². The minimum absolute atomic E-state index is 0.115. The molecule has 0 bridgehead atoms. The smallest absolute Gasteiger partial charge is 0.371 e. The number of rotatable bonds is 6. The van der Waals surface area contributed by atoms with E-state index in [2.05, 4.69) is 21.2 Å². The maximum absolute atomic E-state index is 13.2. The van der Waals surface area contributed by atoms with Gasteiger partial charge in [0.05, 0.1) is 11.0 Å². The van der Waals surface area contributed by atoms with Gasteiger partial charge in [-0.15, -0.1) is 0 Å². The van der Waals surface area contributed by atoms with E-state index in [0.29, 0.717) is 16.7 Å². The first-order valence-electron chi connectivity index (χ1n) is 6.90. The highest BCUT2D eigenvalue weighted by atomic mass is 79.9. The molecule has 122 valence electrons. The van der Waals surface area contributed by atoms with Gasteiger partial charge in [-0.05, 0) is 52.2 Å². The molecule has 1 atom stereocenters. The average molecular weight is 384 g/mol. The van der Waals surface area contributed by atoms with Crippen LogP contribution >= 0.6 is 15.9 Å². The number of hydrogen-bond acceptors (Lipinski definition) is 3. The Balaban J connectivity index is 1.89. The first kappa shape index (κ1) is 17.2. The Bertz CT molecular complexity index is 729. The Morgan fingerprint density at radius 2 is 2.09 bits per heavy atom. The Morgan fingerprint density at radius 1 is 1.35 bits per heavy atom. The number of carboxylic acid groups (broad SMARTS) is 1. The first-order valence-corrected chi connectivity index (χ1v) is 7.69. The monoisotopic (exact) mass is 383 g/mol. The molecule has 7 heteroatoms. The number of carbonyl (C=O) groups excluding carboxylic acids is 1. The third kappa shape index (κ3) is 4.66. The molecule has 5 nitrogen and oxygen atoms in total. The predicted octanol–water partition coefficient (Wildman–Crippen LogP) is 3.37. The van der Waals surface area contributed by atoms with Crippen molar-refractivity contribution in [2.45, 2.75) is 19.9 Å². The van der Waals surface area contributed by atoms with Gasteiger partial charge in [0.2, 0.25) is 11.7 Å². The number of halogens is 2. The number of nitrogens with one attached hydrogen (secondary N) is 1. The summed E-state index contributed by atoms with van der Waals surface area (Å²) in [5.74, 6) is -1.82. The Kier molecular flexibility index (Phi) is 5.54. The molecule has 0 saturated carbocycles. The molecule has 2 rings (SSSR count). The number of carbonyl (C=O) groups is 2. The first-order chi connectivity index (χ1) is 10.9. The van der Waals surface area contributed by atoms with Gasteiger partial charge in [-0.3, -0.25) is 4.79 Å². The highest BCUT2D eigenvalue weighted by Crippen LogP contribution is 2.19. The third-order valence-electron chi connectivity index (χ3n) is 3.28. The number of hydrogen-bond donors (Lipinski definition) is 2. The summed E-state index contributed by atoms with van der Waals surface area (Å²) >= 11 is 3.11. The van der Waals surface area contributed by atoms with Crippen LogP contribution in [0.15, 0.2) is 39.2 Å². The lowest BCUT2D eigenvalue weighted by Gasteiger charge is -2.12. The maximum atomic E-state index is 13.2. The molecule has 0 saturated heterocycles. The molecule has 0 aliphatic heterocycles. The Hall–Kier alpha value is -2.15. The lowest BCUT2D eigenvalue weighted by molar-refractivity contribution is -0.124. The van der Waals surface area contributed by atoms with Crippen LogP contribution in [-0.4, -0.2) is 17.0 Å². The fraction of sp³-hybridized carbons (Fsp3) is 0.250. The third-order valence-corrected chi connectivity index (χ3v) is 3.89. The van der Waals surface area contributed by atoms with Crippen molar-refractivity contribution in [3.8, 4) is 0 Å². The van der Waals surface area contributed by atoms with Gasteiger partial charge in [0.1, 0.15) is 11.6 Å². The zero-order chi connectivity index (χ0) is 17.0. The second-order valence-electron chi connectivity index (χ2n) is 5.14. The lowest BCUT2D eigenvalue weighted by atomic mass is 10.0. The van der Waals surface area contributed by atoms with Crippen LogP contribution in [0, 0.1) is 11.7 Å². The number of benzene rings is 1. The zero-order valence-electron chi connectivity index (χ0n) is 12.3. The molecule has 2 N–H and O–H groups in total. The number of aromatic carboxylic acids is 1. The zero-order valence-corrected chi connectivity index (χ0v) is 13.9. The van der Waals surface area contributed by atoms with Crippen molar-refractivity contribution in [3.63, 3.8) is 0 Å². The highest BCUT2D eigenvalue weighted by Gasteiger charge is 2.15. The summed E-state index contributed by atoms with van der Waals surface area (Å²) in [4.78, 5) is 22.8. The van der Waals surface area contributed by atoms with E-state index >= 15 is 0 Å². The fourth-order valence-corrected chi connectivity index (χ4v) is 2.48. The summed E-state index contributed by atoms with van der Waals surface area (Å²) in [5.41, 5.74) is 0.840. The van der Waals surface area contributed by atoms with Crippen LogP contribution in [-0.2, 0) is 17.8 Å². The van der Waals surface area contributed by atoms with E-state index in [1.54, 1.807) is 19.1 Å². The minimum atomic E-state index is -1.15. The van der Waals surface area contributed by atoms with Crippen LogP contribution in [0.1, 0.15) is 28.8 Å². The van der Waals surface area contributed by atoms with Gasteiger partial charge >= 0.3 is 5.97 Å². The van der Waals surface area contributed by atoms with Crippen LogP contribution in [0.5, 0.6) is 0 Å². The van der Waals surface area contributed by atoms with Crippen LogP contribution < -0.4 is 5.32 Å². The van der Waals surface area contributed by atoms with Crippen molar-refractivity contribution in [1.82, 2.24) is 5.32 Å². The van der Waals surface area contributed by atoms with Gasteiger partial charge in [-0.2, -0.15) is 0 Å². The molecule has 0 aliphatic carbocycles. The molecule has 0 fully saturated rings. The molecule has 2 aromatic rings. The van der Waals surface area contributed by atoms with E-state index in [9.17, 15) is 14.0 Å². The molecule has 0 spiro atoms. The van der Waals surface area contributed by atoms with Gasteiger partial charge < -0.3 is 14.8 Å². The summed E-state index contributed by atoms with van der Waals surface area (Å²) in [5, 5.41) is 11.4.